The van der Waals surface area contributed by atoms with Crippen molar-refractivity contribution in [3.63, 3.8) is 0 Å². The van der Waals surface area contributed by atoms with Gasteiger partial charge in [0.2, 0.25) is 0 Å². The summed E-state index contributed by atoms with van der Waals surface area (Å²) in [7, 11) is -3.02. The standard InChI is InChI=1S/C11H19O5P/c1-3-15-17(14,16-4-2)9-7-11(9)5-8(6-11)10(12)13/h8-9H,3-7H2,1-2H3,(H,12,13). The number of hydrogen-bond donors (Lipinski definition) is 1. The number of carboxylic acid groups (broad SMARTS) is 1. The Morgan fingerprint density at radius 3 is 2.24 bits per heavy atom. The Labute approximate surface area is 101 Å². The molecule has 6 heteroatoms. The minimum atomic E-state index is -3.02. The highest BCUT2D eigenvalue weighted by atomic mass is 31.2. The van der Waals surface area contributed by atoms with Crippen molar-refractivity contribution < 1.29 is 23.5 Å². The topological polar surface area (TPSA) is 72.8 Å². The zero-order valence-electron chi connectivity index (χ0n) is 10.2. The van der Waals surface area contributed by atoms with Gasteiger partial charge in [0.15, 0.2) is 0 Å². The summed E-state index contributed by atoms with van der Waals surface area (Å²) in [5, 5.41) is 8.86. The first-order chi connectivity index (χ1) is 7.97. The summed E-state index contributed by atoms with van der Waals surface area (Å²) in [5.74, 6) is -1.01. The van der Waals surface area contributed by atoms with E-state index in [0.29, 0.717) is 26.1 Å². The van der Waals surface area contributed by atoms with Gasteiger partial charge in [-0.3, -0.25) is 9.36 Å². The molecule has 0 heterocycles. The Morgan fingerprint density at radius 2 is 1.82 bits per heavy atom. The van der Waals surface area contributed by atoms with E-state index in [2.05, 4.69) is 0 Å². The van der Waals surface area contributed by atoms with Gasteiger partial charge in [-0.2, -0.15) is 0 Å². The minimum Gasteiger partial charge on any atom is -0.481 e. The first-order valence-electron chi connectivity index (χ1n) is 6.09. The van der Waals surface area contributed by atoms with Crippen LogP contribution in [0, 0.1) is 11.3 Å². The van der Waals surface area contributed by atoms with Crippen LogP contribution in [0.5, 0.6) is 0 Å². The van der Waals surface area contributed by atoms with Crippen LogP contribution >= 0.6 is 7.60 Å². The fraction of sp³-hybridized carbons (Fsp3) is 0.909. The molecule has 1 N–H and O–H groups in total. The normalized spacial score (nSPS) is 35.6. The van der Waals surface area contributed by atoms with E-state index in [-0.39, 0.29) is 17.0 Å². The molecule has 2 aliphatic carbocycles. The molecule has 2 saturated carbocycles. The van der Waals surface area contributed by atoms with Gasteiger partial charge in [0.25, 0.3) is 0 Å². The van der Waals surface area contributed by atoms with Gasteiger partial charge in [-0.25, -0.2) is 0 Å². The van der Waals surface area contributed by atoms with Crippen molar-refractivity contribution in [2.45, 2.75) is 38.8 Å². The van der Waals surface area contributed by atoms with Crippen LogP contribution in [0.25, 0.3) is 0 Å². The molecule has 98 valence electrons. The minimum absolute atomic E-state index is 0.0665. The number of hydrogen-bond acceptors (Lipinski definition) is 4. The molecule has 0 aliphatic heterocycles. The highest BCUT2D eigenvalue weighted by molar-refractivity contribution is 7.55. The van der Waals surface area contributed by atoms with Gasteiger partial charge in [0.1, 0.15) is 0 Å². The highest BCUT2D eigenvalue weighted by Crippen LogP contribution is 2.78. The zero-order valence-corrected chi connectivity index (χ0v) is 11.1. The van der Waals surface area contributed by atoms with E-state index < -0.39 is 13.6 Å². The van der Waals surface area contributed by atoms with E-state index in [4.69, 9.17) is 14.2 Å². The molecule has 1 unspecified atom stereocenters. The lowest BCUT2D eigenvalue weighted by atomic mass is 9.72. The smallest absolute Gasteiger partial charge is 0.334 e. The Morgan fingerprint density at radius 1 is 1.29 bits per heavy atom. The molecule has 0 aromatic carbocycles. The molecule has 5 nitrogen and oxygen atoms in total. The third kappa shape index (κ3) is 2.16. The van der Waals surface area contributed by atoms with E-state index in [1.165, 1.54) is 0 Å². The predicted molar refractivity (Wildman–Crippen MR) is 62.1 cm³/mol. The first kappa shape index (κ1) is 13.1. The van der Waals surface area contributed by atoms with Crippen molar-refractivity contribution in [3.8, 4) is 0 Å². The maximum Gasteiger partial charge on any atom is 0.334 e. The molecule has 2 fully saturated rings. The second kappa shape index (κ2) is 4.38. The van der Waals surface area contributed by atoms with Gasteiger partial charge in [0.05, 0.1) is 24.8 Å². The Balaban J connectivity index is 1.97. The van der Waals surface area contributed by atoms with Gasteiger partial charge in [0, 0.05) is 0 Å². The largest absolute Gasteiger partial charge is 0.481 e. The van der Waals surface area contributed by atoms with Gasteiger partial charge < -0.3 is 14.2 Å². The average molecular weight is 262 g/mol. The molecule has 0 aromatic heterocycles. The third-order valence-electron chi connectivity index (χ3n) is 3.80. The summed E-state index contributed by atoms with van der Waals surface area (Å²) in [6.45, 7) is 4.32. The summed E-state index contributed by atoms with van der Waals surface area (Å²) in [6, 6.07) is 0. The van der Waals surface area contributed by atoms with Crippen molar-refractivity contribution in [1.82, 2.24) is 0 Å². The lowest BCUT2D eigenvalue weighted by Gasteiger charge is -2.34. The van der Waals surface area contributed by atoms with Crippen LogP contribution < -0.4 is 0 Å². The fourth-order valence-corrected chi connectivity index (χ4v) is 5.51. The summed E-state index contributed by atoms with van der Waals surface area (Å²) in [6.07, 6.45) is 2.03. The average Bonchev–Trinajstić information content (AvgIpc) is 2.91. The van der Waals surface area contributed by atoms with E-state index in [0.717, 1.165) is 6.42 Å². The van der Waals surface area contributed by atoms with Crippen molar-refractivity contribution in [1.29, 1.82) is 0 Å². The van der Waals surface area contributed by atoms with Crippen molar-refractivity contribution >= 4 is 13.6 Å². The molecule has 0 aromatic rings. The summed E-state index contributed by atoms with van der Waals surface area (Å²) >= 11 is 0. The Hall–Kier alpha value is -0.380. The molecule has 0 saturated heterocycles. The van der Waals surface area contributed by atoms with Crippen LogP contribution in [0.1, 0.15) is 33.1 Å². The molecule has 17 heavy (non-hydrogen) atoms. The van der Waals surface area contributed by atoms with Gasteiger partial charge >= 0.3 is 13.6 Å². The maximum atomic E-state index is 12.5. The van der Waals surface area contributed by atoms with Crippen molar-refractivity contribution in [2.24, 2.45) is 11.3 Å². The molecule has 0 bridgehead atoms. The lowest BCUT2D eigenvalue weighted by Crippen LogP contribution is -2.34. The summed E-state index contributed by atoms with van der Waals surface area (Å²) in [5.41, 5.74) is -0.145. The molecular formula is C11H19O5P. The van der Waals surface area contributed by atoms with E-state index >= 15 is 0 Å². The highest BCUT2D eigenvalue weighted by Gasteiger charge is 2.70. The molecule has 0 radical (unpaired) electrons. The van der Waals surface area contributed by atoms with E-state index in [1.54, 1.807) is 13.8 Å². The Bertz CT molecular complexity index is 351. The van der Waals surface area contributed by atoms with Crippen molar-refractivity contribution in [2.75, 3.05) is 13.2 Å². The van der Waals surface area contributed by atoms with Crippen LogP contribution in [-0.4, -0.2) is 29.9 Å². The van der Waals surface area contributed by atoms with Gasteiger partial charge in [-0.1, -0.05) is 0 Å². The quantitative estimate of drug-likeness (QED) is 0.744. The lowest BCUT2D eigenvalue weighted by molar-refractivity contribution is -0.147. The summed E-state index contributed by atoms with van der Waals surface area (Å²) < 4.78 is 23.1. The van der Waals surface area contributed by atoms with Crippen LogP contribution in [0.3, 0.4) is 0 Å². The van der Waals surface area contributed by atoms with Gasteiger partial charge in [-0.15, -0.1) is 0 Å². The van der Waals surface area contributed by atoms with Crippen LogP contribution in [-0.2, 0) is 18.4 Å². The zero-order chi connectivity index (χ0) is 12.7. The number of aliphatic carboxylic acids is 1. The second-order valence-electron chi connectivity index (χ2n) is 4.90. The molecule has 1 atom stereocenters. The first-order valence-corrected chi connectivity index (χ1v) is 7.70. The number of carboxylic acids is 1. The molecule has 0 amide bonds. The van der Waals surface area contributed by atoms with Crippen LogP contribution in [0.15, 0.2) is 0 Å². The monoisotopic (exact) mass is 262 g/mol. The maximum absolute atomic E-state index is 12.5. The van der Waals surface area contributed by atoms with Crippen molar-refractivity contribution in [3.05, 3.63) is 0 Å². The van der Waals surface area contributed by atoms with E-state index in [1.807, 2.05) is 0 Å². The second-order valence-corrected chi connectivity index (χ2v) is 7.12. The SMILES string of the molecule is CCOP(=O)(OCC)C1CC12CC(C(=O)O)C2. The molecule has 2 rings (SSSR count). The summed E-state index contributed by atoms with van der Waals surface area (Å²) in [4.78, 5) is 10.8. The number of carbonyl (C=O) groups is 1. The fourth-order valence-electron chi connectivity index (χ4n) is 2.89. The molecule has 1 spiro atoms. The predicted octanol–water partition coefficient (Wildman–Crippen LogP) is 2.51. The van der Waals surface area contributed by atoms with Gasteiger partial charge in [-0.05, 0) is 38.5 Å². The number of rotatable bonds is 6. The van der Waals surface area contributed by atoms with E-state index in [9.17, 15) is 9.36 Å². The Kier molecular flexibility index (Phi) is 3.36. The third-order valence-corrected chi connectivity index (χ3v) is 6.53. The molecular weight excluding hydrogens is 243 g/mol. The molecule has 2 aliphatic rings. The van der Waals surface area contributed by atoms with Crippen LogP contribution in [0.2, 0.25) is 0 Å². The van der Waals surface area contributed by atoms with Crippen LogP contribution in [0.4, 0.5) is 0 Å².